The molecule has 0 heterocycles. The smallest absolute Gasteiger partial charge is 0.315 e. The summed E-state index contributed by atoms with van der Waals surface area (Å²) in [7, 11) is 0. The van der Waals surface area contributed by atoms with Crippen LogP contribution in [0.25, 0.3) is 0 Å². The van der Waals surface area contributed by atoms with Crippen LogP contribution in [0.1, 0.15) is 23.7 Å². The lowest BCUT2D eigenvalue weighted by Gasteiger charge is -2.06. The van der Waals surface area contributed by atoms with Crippen LogP contribution >= 0.6 is 11.6 Å². The zero-order chi connectivity index (χ0) is 12.7. The Morgan fingerprint density at radius 2 is 2.06 bits per heavy atom. The molecule has 0 spiro atoms. The Balaban J connectivity index is 2.42. The number of amides is 2. The Morgan fingerprint density at radius 3 is 2.71 bits per heavy atom. The third-order valence-corrected chi connectivity index (χ3v) is 2.33. The van der Waals surface area contributed by atoms with Gasteiger partial charge in [-0.15, -0.1) is 0 Å². The molecule has 2 N–H and O–H groups in total. The quantitative estimate of drug-likeness (QED) is 0.792. The number of benzene rings is 1. The van der Waals surface area contributed by atoms with Crippen LogP contribution in [-0.4, -0.2) is 24.9 Å². The molecular formula is C12H15ClN2O2. The van der Waals surface area contributed by atoms with Gasteiger partial charge in [-0.1, -0.05) is 30.7 Å². The molecule has 0 saturated carbocycles. The number of carbonyl (C=O) groups is 2. The Hall–Kier alpha value is -1.55. The highest BCUT2D eigenvalue weighted by atomic mass is 35.5. The summed E-state index contributed by atoms with van der Waals surface area (Å²) in [5.74, 6) is -0.167. The summed E-state index contributed by atoms with van der Waals surface area (Å²) in [5, 5.41) is 5.62. The highest BCUT2D eigenvalue weighted by Crippen LogP contribution is 2.10. The highest BCUT2D eigenvalue weighted by Gasteiger charge is 2.07. The molecular weight excluding hydrogens is 240 g/mol. The van der Waals surface area contributed by atoms with Crippen molar-refractivity contribution in [1.29, 1.82) is 0 Å². The van der Waals surface area contributed by atoms with E-state index in [1.807, 2.05) is 6.92 Å². The number of Topliss-reactive ketones (excluding diaryl/α,β-unsaturated/α-hetero) is 1. The van der Waals surface area contributed by atoms with Crippen LogP contribution in [0.4, 0.5) is 4.79 Å². The summed E-state index contributed by atoms with van der Waals surface area (Å²) >= 11 is 5.77. The van der Waals surface area contributed by atoms with Gasteiger partial charge in [-0.25, -0.2) is 4.79 Å². The molecule has 5 heteroatoms. The Kier molecular flexibility index (Phi) is 5.49. The minimum absolute atomic E-state index is 0.0319. The first-order valence-electron chi connectivity index (χ1n) is 5.44. The molecule has 0 aliphatic carbocycles. The van der Waals surface area contributed by atoms with E-state index < -0.39 is 0 Å². The van der Waals surface area contributed by atoms with Crippen LogP contribution in [0.5, 0.6) is 0 Å². The second-order valence-electron chi connectivity index (χ2n) is 3.54. The third-order valence-electron chi connectivity index (χ3n) is 2.09. The van der Waals surface area contributed by atoms with Crippen molar-refractivity contribution in [1.82, 2.24) is 10.6 Å². The minimum Gasteiger partial charge on any atom is -0.338 e. The van der Waals surface area contributed by atoms with Crippen molar-refractivity contribution in [2.45, 2.75) is 13.3 Å². The van der Waals surface area contributed by atoms with Gasteiger partial charge in [0, 0.05) is 17.1 Å². The fraction of sp³-hybridized carbons (Fsp3) is 0.333. The molecule has 0 unspecified atom stereocenters. The van der Waals surface area contributed by atoms with Crippen LogP contribution in [0.15, 0.2) is 24.3 Å². The van der Waals surface area contributed by atoms with E-state index in [4.69, 9.17) is 11.6 Å². The van der Waals surface area contributed by atoms with Gasteiger partial charge in [0.05, 0.1) is 6.54 Å². The number of hydrogen-bond acceptors (Lipinski definition) is 2. The largest absolute Gasteiger partial charge is 0.338 e. The summed E-state index contributed by atoms with van der Waals surface area (Å²) in [5.41, 5.74) is 0.494. The number of ketones is 1. The van der Waals surface area contributed by atoms with Crippen molar-refractivity contribution in [2.24, 2.45) is 0 Å². The maximum atomic E-state index is 11.7. The van der Waals surface area contributed by atoms with Gasteiger partial charge in [0.1, 0.15) is 0 Å². The van der Waals surface area contributed by atoms with Crippen molar-refractivity contribution in [3.8, 4) is 0 Å². The van der Waals surface area contributed by atoms with E-state index >= 15 is 0 Å². The van der Waals surface area contributed by atoms with Crippen LogP contribution in [0, 0.1) is 0 Å². The molecule has 0 aromatic heterocycles. The fourth-order valence-corrected chi connectivity index (χ4v) is 1.42. The lowest BCUT2D eigenvalue weighted by Crippen LogP contribution is -2.38. The molecule has 92 valence electrons. The van der Waals surface area contributed by atoms with Gasteiger partial charge in [-0.05, 0) is 18.6 Å². The van der Waals surface area contributed by atoms with Crippen molar-refractivity contribution < 1.29 is 9.59 Å². The number of halogens is 1. The number of urea groups is 1. The molecule has 0 bridgehead atoms. The lowest BCUT2D eigenvalue weighted by molar-refractivity contribution is 0.0992. The summed E-state index contributed by atoms with van der Waals surface area (Å²) < 4.78 is 0. The maximum Gasteiger partial charge on any atom is 0.315 e. The van der Waals surface area contributed by atoms with Crippen molar-refractivity contribution in [3.05, 3.63) is 34.9 Å². The fourth-order valence-electron chi connectivity index (χ4n) is 1.23. The molecule has 1 aromatic rings. The Bertz CT molecular complexity index is 407. The summed E-state index contributed by atoms with van der Waals surface area (Å²) in [6, 6.07) is 6.31. The van der Waals surface area contributed by atoms with E-state index in [2.05, 4.69) is 10.6 Å². The average Bonchev–Trinajstić information content (AvgIpc) is 2.33. The molecule has 1 aromatic carbocycles. The average molecular weight is 255 g/mol. The zero-order valence-corrected chi connectivity index (χ0v) is 10.4. The second-order valence-corrected chi connectivity index (χ2v) is 3.98. The first-order valence-corrected chi connectivity index (χ1v) is 5.81. The van der Waals surface area contributed by atoms with E-state index in [0.717, 1.165) is 6.42 Å². The lowest BCUT2D eigenvalue weighted by atomic mass is 10.1. The van der Waals surface area contributed by atoms with E-state index in [1.54, 1.807) is 24.3 Å². The number of hydrogen-bond donors (Lipinski definition) is 2. The summed E-state index contributed by atoms with van der Waals surface area (Å²) in [6.45, 7) is 2.52. The van der Waals surface area contributed by atoms with Crippen LogP contribution in [0.3, 0.4) is 0 Å². The van der Waals surface area contributed by atoms with Gasteiger partial charge in [-0.2, -0.15) is 0 Å². The Labute approximate surface area is 105 Å². The molecule has 0 atom stereocenters. The SMILES string of the molecule is CCCNC(=O)NCC(=O)c1cccc(Cl)c1. The van der Waals surface area contributed by atoms with Gasteiger partial charge >= 0.3 is 6.03 Å². The van der Waals surface area contributed by atoms with Crippen LogP contribution in [-0.2, 0) is 0 Å². The monoisotopic (exact) mass is 254 g/mol. The molecule has 2 amide bonds. The zero-order valence-electron chi connectivity index (χ0n) is 9.63. The topological polar surface area (TPSA) is 58.2 Å². The van der Waals surface area contributed by atoms with Gasteiger partial charge < -0.3 is 10.6 Å². The number of nitrogens with one attached hydrogen (secondary N) is 2. The molecule has 0 radical (unpaired) electrons. The predicted octanol–water partition coefficient (Wildman–Crippen LogP) is 2.23. The second kappa shape index (κ2) is 6.91. The maximum absolute atomic E-state index is 11.7. The summed E-state index contributed by atoms with van der Waals surface area (Å²) in [6.07, 6.45) is 0.857. The molecule has 1 rings (SSSR count). The molecule has 0 fully saturated rings. The van der Waals surface area contributed by atoms with E-state index in [1.165, 1.54) is 0 Å². The van der Waals surface area contributed by atoms with Gasteiger partial charge in [0.2, 0.25) is 0 Å². The number of carbonyl (C=O) groups excluding carboxylic acids is 2. The number of rotatable bonds is 5. The van der Waals surface area contributed by atoms with E-state index in [9.17, 15) is 9.59 Å². The predicted molar refractivity (Wildman–Crippen MR) is 67.5 cm³/mol. The van der Waals surface area contributed by atoms with E-state index in [-0.39, 0.29) is 18.4 Å². The van der Waals surface area contributed by atoms with Crippen LogP contribution in [0.2, 0.25) is 5.02 Å². The first kappa shape index (κ1) is 13.5. The van der Waals surface area contributed by atoms with Gasteiger partial charge in [0.15, 0.2) is 5.78 Å². The van der Waals surface area contributed by atoms with Crippen molar-refractivity contribution in [2.75, 3.05) is 13.1 Å². The minimum atomic E-state index is -0.331. The van der Waals surface area contributed by atoms with Crippen molar-refractivity contribution in [3.63, 3.8) is 0 Å². The molecule has 0 aliphatic rings. The van der Waals surface area contributed by atoms with Gasteiger partial charge in [-0.3, -0.25) is 4.79 Å². The summed E-state index contributed by atoms with van der Waals surface area (Å²) in [4.78, 5) is 22.9. The third kappa shape index (κ3) is 4.87. The first-order chi connectivity index (χ1) is 8.13. The van der Waals surface area contributed by atoms with Crippen LogP contribution < -0.4 is 10.6 Å². The molecule has 4 nitrogen and oxygen atoms in total. The highest BCUT2D eigenvalue weighted by molar-refractivity contribution is 6.31. The van der Waals surface area contributed by atoms with Gasteiger partial charge in [0.25, 0.3) is 0 Å². The normalized spacial score (nSPS) is 9.76. The standard InChI is InChI=1S/C12H15ClN2O2/c1-2-6-14-12(17)15-8-11(16)9-4-3-5-10(13)7-9/h3-5,7H,2,6,8H2,1H3,(H2,14,15,17). The molecule has 0 aliphatic heterocycles. The Morgan fingerprint density at radius 1 is 1.29 bits per heavy atom. The van der Waals surface area contributed by atoms with E-state index in [0.29, 0.717) is 17.1 Å². The molecule has 0 saturated heterocycles. The van der Waals surface area contributed by atoms with Crippen molar-refractivity contribution >= 4 is 23.4 Å². The molecule has 17 heavy (non-hydrogen) atoms.